The highest BCUT2D eigenvalue weighted by molar-refractivity contribution is 5.66. The van der Waals surface area contributed by atoms with E-state index in [-0.39, 0.29) is 6.61 Å². The van der Waals surface area contributed by atoms with Crippen molar-refractivity contribution in [1.82, 2.24) is 0 Å². The van der Waals surface area contributed by atoms with Crippen molar-refractivity contribution < 1.29 is 29.6 Å². The lowest BCUT2D eigenvalue weighted by Gasteiger charge is -2.34. The van der Waals surface area contributed by atoms with Gasteiger partial charge in [-0.3, -0.25) is 4.79 Å². The van der Waals surface area contributed by atoms with Crippen LogP contribution in [0.3, 0.4) is 0 Å². The summed E-state index contributed by atoms with van der Waals surface area (Å²) in [5, 5.41) is 27.3. The molecule has 6 heteroatoms. The van der Waals surface area contributed by atoms with Gasteiger partial charge in [0.05, 0.1) is 6.61 Å². The first-order valence-electron chi connectivity index (χ1n) is 3.85. The van der Waals surface area contributed by atoms with E-state index >= 15 is 0 Å². The molecular formula is C7H12O6. The second-order valence-corrected chi connectivity index (χ2v) is 2.85. The third kappa shape index (κ3) is 2.38. The van der Waals surface area contributed by atoms with Crippen LogP contribution in [0.5, 0.6) is 0 Å². The zero-order valence-electron chi connectivity index (χ0n) is 7.08. The van der Waals surface area contributed by atoms with Gasteiger partial charge >= 0.3 is 5.97 Å². The fourth-order valence-corrected chi connectivity index (χ4v) is 1.10. The Morgan fingerprint density at radius 3 is 2.54 bits per heavy atom. The summed E-state index contributed by atoms with van der Waals surface area (Å²) in [6.45, 7) is 1.06. The molecule has 0 saturated carbocycles. The van der Waals surface area contributed by atoms with Gasteiger partial charge in [0.15, 0.2) is 12.4 Å². The monoisotopic (exact) mass is 192 g/mol. The highest BCUT2D eigenvalue weighted by atomic mass is 16.6. The van der Waals surface area contributed by atoms with E-state index in [4.69, 9.17) is 10.2 Å². The number of ether oxygens (including phenoxy) is 2. The summed E-state index contributed by atoms with van der Waals surface area (Å²) in [5.74, 6) is -0.573. The van der Waals surface area contributed by atoms with E-state index in [2.05, 4.69) is 9.47 Å². The average Bonchev–Trinajstić information content (AvgIpc) is 2.06. The minimum Gasteiger partial charge on any atom is -0.457 e. The Hall–Kier alpha value is -0.690. The van der Waals surface area contributed by atoms with Crippen LogP contribution in [0.15, 0.2) is 0 Å². The van der Waals surface area contributed by atoms with Crippen LogP contribution in [0.25, 0.3) is 0 Å². The van der Waals surface area contributed by atoms with Crippen LogP contribution < -0.4 is 0 Å². The maximum absolute atomic E-state index is 10.5. The van der Waals surface area contributed by atoms with Gasteiger partial charge in [-0.25, -0.2) is 0 Å². The number of carbonyl (C=O) groups excluding carboxylic acids is 1. The molecule has 0 aromatic heterocycles. The Bertz CT molecular complexity index is 193. The fourth-order valence-electron chi connectivity index (χ4n) is 1.10. The van der Waals surface area contributed by atoms with E-state index in [0.717, 1.165) is 0 Å². The number of aliphatic hydroxyl groups excluding tert-OH is 3. The molecule has 0 aliphatic carbocycles. The topological polar surface area (TPSA) is 96.2 Å². The first kappa shape index (κ1) is 10.4. The third-order valence-electron chi connectivity index (χ3n) is 1.77. The number of hydrogen-bond donors (Lipinski definition) is 3. The van der Waals surface area contributed by atoms with Gasteiger partial charge in [-0.15, -0.1) is 0 Å². The predicted molar refractivity (Wildman–Crippen MR) is 39.5 cm³/mol. The Kier molecular flexibility index (Phi) is 3.21. The molecule has 6 nitrogen and oxygen atoms in total. The van der Waals surface area contributed by atoms with Crippen LogP contribution in [-0.4, -0.2) is 52.5 Å². The second-order valence-electron chi connectivity index (χ2n) is 2.85. The highest BCUT2D eigenvalue weighted by Crippen LogP contribution is 2.16. The lowest BCUT2D eigenvalue weighted by atomic mass is 10.1. The molecule has 0 aromatic carbocycles. The molecule has 1 fully saturated rings. The van der Waals surface area contributed by atoms with Gasteiger partial charge in [0, 0.05) is 6.92 Å². The molecule has 1 aliphatic rings. The van der Waals surface area contributed by atoms with E-state index in [1.165, 1.54) is 6.92 Å². The number of aliphatic hydroxyl groups is 3. The summed E-state index contributed by atoms with van der Waals surface area (Å²) in [4.78, 5) is 10.5. The lowest BCUT2D eigenvalue weighted by molar-refractivity contribution is -0.256. The quantitative estimate of drug-likeness (QED) is 0.415. The molecule has 1 heterocycles. The van der Waals surface area contributed by atoms with Gasteiger partial charge in [0.2, 0.25) is 0 Å². The summed E-state index contributed by atoms with van der Waals surface area (Å²) in [5.41, 5.74) is 0. The molecule has 1 rings (SSSR count). The molecule has 0 spiro atoms. The standard InChI is InChI=1S/C7H12O6/c1-3(8)13-4-2-12-7(11)6(10)5(4)9/h4-7,9-11H,2H2,1H3/t4-,5+,6-,7-/m1/s1. The first-order chi connectivity index (χ1) is 6.02. The van der Waals surface area contributed by atoms with Crippen molar-refractivity contribution >= 4 is 5.97 Å². The second kappa shape index (κ2) is 4.01. The van der Waals surface area contributed by atoms with Gasteiger partial charge in [-0.05, 0) is 0 Å². The largest absolute Gasteiger partial charge is 0.457 e. The number of esters is 1. The van der Waals surface area contributed by atoms with Crippen LogP contribution in [0.4, 0.5) is 0 Å². The summed E-state index contributed by atoms with van der Waals surface area (Å²) >= 11 is 0. The van der Waals surface area contributed by atoms with E-state index in [0.29, 0.717) is 0 Å². The summed E-state index contributed by atoms with van der Waals surface area (Å²) in [6.07, 6.45) is -5.11. The average molecular weight is 192 g/mol. The molecule has 0 unspecified atom stereocenters. The van der Waals surface area contributed by atoms with Crippen molar-refractivity contribution in [1.29, 1.82) is 0 Å². The number of carbonyl (C=O) groups is 1. The van der Waals surface area contributed by atoms with Gasteiger partial charge in [-0.2, -0.15) is 0 Å². The summed E-state index contributed by atoms with van der Waals surface area (Å²) < 4.78 is 9.28. The van der Waals surface area contributed by atoms with Gasteiger partial charge in [-0.1, -0.05) is 0 Å². The molecule has 0 aromatic rings. The molecule has 13 heavy (non-hydrogen) atoms. The molecule has 1 aliphatic heterocycles. The van der Waals surface area contributed by atoms with Crippen molar-refractivity contribution in [3.8, 4) is 0 Å². The van der Waals surface area contributed by atoms with Gasteiger partial charge in [0.25, 0.3) is 0 Å². The van der Waals surface area contributed by atoms with Gasteiger partial charge < -0.3 is 24.8 Å². The SMILES string of the molecule is CC(=O)O[C@@H]1CO[C@@H](O)[C@H](O)[C@H]1O. The Balaban J connectivity index is 2.53. The third-order valence-corrected chi connectivity index (χ3v) is 1.77. The highest BCUT2D eigenvalue weighted by Gasteiger charge is 2.39. The molecule has 0 bridgehead atoms. The normalized spacial score (nSPS) is 40.0. The van der Waals surface area contributed by atoms with Crippen molar-refractivity contribution in [3.05, 3.63) is 0 Å². The molecule has 3 N–H and O–H groups in total. The van der Waals surface area contributed by atoms with E-state index in [1.807, 2.05) is 0 Å². The van der Waals surface area contributed by atoms with E-state index in [1.54, 1.807) is 0 Å². The first-order valence-corrected chi connectivity index (χ1v) is 3.85. The maximum Gasteiger partial charge on any atom is 0.303 e. The van der Waals surface area contributed by atoms with E-state index in [9.17, 15) is 9.90 Å². The minimum atomic E-state index is -1.45. The molecular weight excluding hydrogens is 180 g/mol. The zero-order valence-corrected chi connectivity index (χ0v) is 7.08. The van der Waals surface area contributed by atoms with Crippen LogP contribution in [0, 0.1) is 0 Å². The molecule has 76 valence electrons. The van der Waals surface area contributed by atoms with Crippen LogP contribution in [0.1, 0.15) is 6.92 Å². The Labute approximate surface area is 74.7 Å². The van der Waals surface area contributed by atoms with Crippen molar-refractivity contribution in [2.24, 2.45) is 0 Å². The Morgan fingerprint density at radius 2 is 2.00 bits per heavy atom. The predicted octanol–water partition coefficient (Wildman–Crippen LogP) is -2.01. The Morgan fingerprint density at radius 1 is 1.38 bits per heavy atom. The van der Waals surface area contributed by atoms with Crippen LogP contribution >= 0.6 is 0 Å². The molecule has 0 radical (unpaired) electrons. The van der Waals surface area contributed by atoms with Crippen molar-refractivity contribution in [2.45, 2.75) is 31.5 Å². The van der Waals surface area contributed by atoms with Crippen molar-refractivity contribution in [2.75, 3.05) is 6.61 Å². The minimum absolute atomic E-state index is 0.126. The molecule has 0 amide bonds. The van der Waals surface area contributed by atoms with Crippen LogP contribution in [0.2, 0.25) is 0 Å². The maximum atomic E-state index is 10.5. The summed E-state index contributed by atoms with van der Waals surface area (Å²) in [6, 6.07) is 0. The van der Waals surface area contributed by atoms with Crippen LogP contribution in [-0.2, 0) is 14.3 Å². The smallest absolute Gasteiger partial charge is 0.303 e. The lowest BCUT2D eigenvalue weighted by Crippen LogP contribution is -2.54. The van der Waals surface area contributed by atoms with Crippen molar-refractivity contribution in [3.63, 3.8) is 0 Å². The van der Waals surface area contributed by atoms with E-state index < -0.39 is 30.6 Å². The molecule has 1 saturated heterocycles. The summed E-state index contributed by atoms with van der Waals surface area (Å²) in [7, 11) is 0. The van der Waals surface area contributed by atoms with Gasteiger partial charge in [0.1, 0.15) is 12.2 Å². The number of rotatable bonds is 1. The number of hydrogen-bond acceptors (Lipinski definition) is 6. The zero-order chi connectivity index (χ0) is 10.0. The molecule has 4 atom stereocenters. The fraction of sp³-hybridized carbons (Fsp3) is 0.857.